The molecule has 2 aromatic carbocycles. The third kappa shape index (κ3) is 2.48. The molecule has 1 aliphatic heterocycles. The molecular formula is C19H15FN2O2. The molecule has 1 fully saturated rings. The Morgan fingerprint density at radius 3 is 2.62 bits per heavy atom. The molecule has 1 amide bonds. The average molecular weight is 322 g/mol. The normalized spacial score (nSPS) is 17.5. The van der Waals surface area contributed by atoms with Crippen molar-refractivity contribution in [3.63, 3.8) is 0 Å². The van der Waals surface area contributed by atoms with E-state index in [9.17, 15) is 9.18 Å². The van der Waals surface area contributed by atoms with Crippen LogP contribution < -0.4 is 4.90 Å². The number of carbonyl (C=O) groups excluding carboxylic acids is 1. The van der Waals surface area contributed by atoms with Gasteiger partial charge in [-0.1, -0.05) is 18.2 Å². The molecule has 0 N–H and O–H groups in total. The lowest BCUT2D eigenvalue weighted by atomic mass is 9.97. The number of carbonyl (C=O) groups is 1. The van der Waals surface area contributed by atoms with Crippen LogP contribution in [0.4, 0.5) is 10.1 Å². The fourth-order valence-corrected chi connectivity index (χ4v) is 3.15. The fourth-order valence-electron chi connectivity index (χ4n) is 3.15. The smallest absolute Gasteiger partial charge is 0.234 e. The molecular weight excluding hydrogens is 307 g/mol. The van der Waals surface area contributed by atoms with E-state index in [0.29, 0.717) is 24.3 Å². The van der Waals surface area contributed by atoms with Gasteiger partial charge < -0.3 is 9.32 Å². The van der Waals surface area contributed by atoms with Gasteiger partial charge in [0, 0.05) is 23.4 Å². The number of amides is 1. The Kier molecular flexibility index (Phi) is 3.61. The van der Waals surface area contributed by atoms with Crippen molar-refractivity contribution in [2.45, 2.75) is 12.3 Å². The highest BCUT2D eigenvalue weighted by Gasteiger charge is 2.34. The van der Waals surface area contributed by atoms with Crippen LogP contribution in [0.2, 0.25) is 0 Å². The summed E-state index contributed by atoms with van der Waals surface area (Å²) in [6.45, 7) is 0.583. The maximum Gasteiger partial charge on any atom is 0.234 e. The molecule has 0 saturated carbocycles. The largest absolute Gasteiger partial charge is 0.444 e. The van der Waals surface area contributed by atoms with Crippen molar-refractivity contribution in [3.05, 3.63) is 72.5 Å². The lowest BCUT2D eigenvalue weighted by molar-refractivity contribution is -0.118. The number of aromatic nitrogens is 1. The summed E-state index contributed by atoms with van der Waals surface area (Å²) in [6, 6.07) is 14.0. The van der Waals surface area contributed by atoms with Gasteiger partial charge in [-0.05, 0) is 36.8 Å². The van der Waals surface area contributed by atoms with Gasteiger partial charge in [-0.15, -0.1) is 0 Å². The molecule has 4 rings (SSSR count). The molecule has 0 aliphatic carbocycles. The number of anilines is 1. The van der Waals surface area contributed by atoms with Crippen molar-refractivity contribution >= 4 is 11.6 Å². The molecule has 1 aromatic heterocycles. The van der Waals surface area contributed by atoms with E-state index < -0.39 is 5.92 Å². The van der Waals surface area contributed by atoms with Crippen molar-refractivity contribution in [2.75, 3.05) is 11.4 Å². The molecule has 0 unspecified atom stereocenters. The standard InChI is InChI=1S/C19H15FN2O2/c20-17-4-2-1-3-15(17)16-9-10-22(19(16)23)14-7-5-13(6-8-14)18-11-21-12-24-18/h1-8,11-12,16H,9-10H2/t16-/m0/s1. The summed E-state index contributed by atoms with van der Waals surface area (Å²) < 4.78 is 19.2. The molecule has 1 aliphatic rings. The van der Waals surface area contributed by atoms with Crippen molar-refractivity contribution in [2.24, 2.45) is 0 Å². The SMILES string of the molecule is O=C1[C@H](c2ccccc2F)CCN1c1ccc(-c2cnco2)cc1. The predicted octanol–water partition coefficient (Wildman–Crippen LogP) is 4.00. The first-order valence-electron chi connectivity index (χ1n) is 7.79. The summed E-state index contributed by atoms with van der Waals surface area (Å²) in [7, 11) is 0. The number of nitrogens with zero attached hydrogens (tertiary/aromatic N) is 2. The van der Waals surface area contributed by atoms with Crippen LogP contribution in [-0.2, 0) is 4.79 Å². The van der Waals surface area contributed by atoms with Crippen LogP contribution in [0.15, 0.2) is 65.5 Å². The molecule has 24 heavy (non-hydrogen) atoms. The van der Waals surface area contributed by atoms with Gasteiger partial charge in [0.1, 0.15) is 5.82 Å². The van der Waals surface area contributed by atoms with E-state index >= 15 is 0 Å². The van der Waals surface area contributed by atoms with E-state index in [2.05, 4.69) is 4.98 Å². The second-order valence-corrected chi connectivity index (χ2v) is 5.77. The number of rotatable bonds is 3. The first-order valence-corrected chi connectivity index (χ1v) is 7.79. The summed E-state index contributed by atoms with van der Waals surface area (Å²) in [5.74, 6) is -0.121. The Morgan fingerprint density at radius 2 is 1.92 bits per heavy atom. The molecule has 2 heterocycles. The zero-order chi connectivity index (χ0) is 16.5. The van der Waals surface area contributed by atoms with E-state index in [0.717, 1.165) is 11.3 Å². The second kappa shape index (κ2) is 5.92. The Balaban J connectivity index is 1.58. The molecule has 1 atom stereocenters. The Bertz CT molecular complexity index is 859. The third-order valence-corrected chi connectivity index (χ3v) is 4.38. The van der Waals surface area contributed by atoms with Crippen LogP contribution in [0, 0.1) is 5.82 Å². The number of halogens is 1. The van der Waals surface area contributed by atoms with E-state index in [4.69, 9.17) is 4.42 Å². The van der Waals surface area contributed by atoms with Crippen LogP contribution >= 0.6 is 0 Å². The van der Waals surface area contributed by atoms with Gasteiger partial charge in [0.25, 0.3) is 0 Å². The van der Waals surface area contributed by atoms with Gasteiger partial charge in [-0.25, -0.2) is 9.37 Å². The zero-order valence-electron chi connectivity index (χ0n) is 12.9. The molecule has 5 heteroatoms. The minimum absolute atomic E-state index is 0.0625. The summed E-state index contributed by atoms with van der Waals surface area (Å²) >= 11 is 0. The monoisotopic (exact) mass is 322 g/mol. The van der Waals surface area contributed by atoms with Gasteiger partial charge in [0.2, 0.25) is 5.91 Å². The topological polar surface area (TPSA) is 46.3 Å². The lowest BCUT2D eigenvalue weighted by Crippen LogP contribution is -2.26. The maximum atomic E-state index is 14.0. The lowest BCUT2D eigenvalue weighted by Gasteiger charge is -2.17. The van der Waals surface area contributed by atoms with Crippen molar-refractivity contribution < 1.29 is 13.6 Å². The third-order valence-electron chi connectivity index (χ3n) is 4.38. The quantitative estimate of drug-likeness (QED) is 0.732. The van der Waals surface area contributed by atoms with Crippen molar-refractivity contribution in [1.29, 1.82) is 0 Å². The minimum atomic E-state index is -0.417. The van der Waals surface area contributed by atoms with E-state index in [-0.39, 0.29) is 11.7 Å². The number of hydrogen-bond donors (Lipinski definition) is 0. The molecule has 4 nitrogen and oxygen atoms in total. The van der Waals surface area contributed by atoms with E-state index in [1.807, 2.05) is 24.3 Å². The molecule has 0 radical (unpaired) electrons. The minimum Gasteiger partial charge on any atom is -0.444 e. The summed E-state index contributed by atoms with van der Waals surface area (Å²) in [6.07, 6.45) is 3.64. The van der Waals surface area contributed by atoms with Gasteiger partial charge in [0.15, 0.2) is 12.2 Å². The second-order valence-electron chi connectivity index (χ2n) is 5.77. The van der Waals surface area contributed by atoms with Crippen LogP contribution in [-0.4, -0.2) is 17.4 Å². The summed E-state index contributed by atoms with van der Waals surface area (Å²) in [5.41, 5.74) is 2.18. The number of oxazole rings is 1. The molecule has 3 aromatic rings. The molecule has 0 bridgehead atoms. The highest BCUT2D eigenvalue weighted by Crippen LogP contribution is 2.34. The average Bonchev–Trinajstić information content (AvgIpc) is 3.26. The highest BCUT2D eigenvalue weighted by molar-refractivity contribution is 6.00. The van der Waals surface area contributed by atoms with Gasteiger partial charge in [0.05, 0.1) is 12.1 Å². The van der Waals surface area contributed by atoms with Crippen LogP contribution in [0.25, 0.3) is 11.3 Å². The van der Waals surface area contributed by atoms with E-state index in [1.54, 1.807) is 29.3 Å². The summed E-state index contributed by atoms with van der Waals surface area (Å²) in [5, 5.41) is 0. The highest BCUT2D eigenvalue weighted by atomic mass is 19.1. The van der Waals surface area contributed by atoms with Crippen LogP contribution in [0.5, 0.6) is 0 Å². The molecule has 1 saturated heterocycles. The first-order chi connectivity index (χ1) is 11.7. The van der Waals surface area contributed by atoms with Gasteiger partial charge >= 0.3 is 0 Å². The van der Waals surface area contributed by atoms with Gasteiger partial charge in [-0.3, -0.25) is 4.79 Å². The fraction of sp³-hybridized carbons (Fsp3) is 0.158. The Labute approximate surface area is 138 Å². The maximum absolute atomic E-state index is 14.0. The van der Waals surface area contributed by atoms with Crippen LogP contribution in [0.3, 0.4) is 0 Å². The predicted molar refractivity (Wildman–Crippen MR) is 88.1 cm³/mol. The molecule has 120 valence electrons. The number of hydrogen-bond acceptors (Lipinski definition) is 3. The Morgan fingerprint density at radius 1 is 1.12 bits per heavy atom. The van der Waals surface area contributed by atoms with Crippen molar-refractivity contribution in [3.8, 4) is 11.3 Å². The Hall–Kier alpha value is -2.95. The van der Waals surface area contributed by atoms with Crippen LogP contribution in [0.1, 0.15) is 17.9 Å². The zero-order valence-corrected chi connectivity index (χ0v) is 12.9. The van der Waals surface area contributed by atoms with Gasteiger partial charge in [-0.2, -0.15) is 0 Å². The van der Waals surface area contributed by atoms with E-state index in [1.165, 1.54) is 12.5 Å². The summed E-state index contributed by atoms with van der Waals surface area (Å²) in [4.78, 5) is 18.3. The number of benzene rings is 2. The van der Waals surface area contributed by atoms with Crippen molar-refractivity contribution in [1.82, 2.24) is 4.98 Å². The molecule has 0 spiro atoms. The first kappa shape index (κ1) is 14.6.